The van der Waals surface area contributed by atoms with Crippen LogP contribution in [0.3, 0.4) is 0 Å². The second kappa shape index (κ2) is 11.2. The fourth-order valence-corrected chi connectivity index (χ4v) is 3.87. The highest BCUT2D eigenvalue weighted by atomic mass is 16.2. The molecule has 0 bridgehead atoms. The second-order valence-corrected chi connectivity index (χ2v) is 9.18. The summed E-state index contributed by atoms with van der Waals surface area (Å²) in [5.41, 5.74) is 3.98. The molecule has 0 aliphatic carbocycles. The summed E-state index contributed by atoms with van der Waals surface area (Å²) >= 11 is 0. The third kappa shape index (κ3) is 6.90. The van der Waals surface area contributed by atoms with Crippen LogP contribution >= 0.6 is 0 Å². The Hall–Kier alpha value is -2.70. The quantitative estimate of drug-likeness (QED) is 0.668. The Balaban J connectivity index is 1.55. The van der Waals surface area contributed by atoms with Crippen LogP contribution in [0.4, 0.5) is 0 Å². The zero-order chi connectivity index (χ0) is 23.1. The van der Waals surface area contributed by atoms with Crippen molar-refractivity contribution in [2.45, 2.75) is 39.9 Å². The minimum Gasteiger partial charge on any atom is -0.350 e. The molecule has 1 aliphatic heterocycles. The van der Waals surface area contributed by atoms with Crippen molar-refractivity contribution in [1.29, 1.82) is 0 Å². The zero-order valence-corrected chi connectivity index (χ0v) is 19.7. The molecular weight excluding hydrogens is 400 g/mol. The van der Waals surface area contributed by atoms with Gasteiger partial charge in [-0.15, -0.1) is 0 Å². The minimum atomic E-state index is -0.586. The van der Waals surface area contributed by atoms with Crippen molar-refractivity contribution in [3.05, 3.63) is 70.8 Å². The number of likely N-dealkylation sites (N-methyl/N-ethyl adjacent to an activating group) is 1. The predicted molar refractivity (Wildman–Crippen MR) is 128 cm³/mol. The molecule has 0 spiro atoms. The van der Waals surface area contributed by atoms with Gasteiger partial charge < -0.3 is 15.5 Å². The van der Waals surface area contributed by atoms with Gasteiger partial charge in [-0.1, -0.05) is 55.8 Å². The molecule has 2 N–H and O–H groups in total. The molecule has 1 saturated heterocycles. The molecule has 32 heavy (non-hydrogen) atoms. The van der Waals surface area contributed by atoms with Crippen LogP contribution in [0, 0.1) is 12.8 Å². The Morgan fingerprint density at radius 2 is 1.62 bits per heavy atom. The molecule has 0 radical (unpaired) electrons. The maximum atomic E-state index is 12.9. The van der Waals surface area contributed by atoms with E-state index in [1.807, 2.05) is 45.0 Å². The molecule has 0 saturated carbocycles. The van der Waals surface area contributed by atoms with E-state index in [9.17, 15) is 9.59 Å². The minimum absolute atomic E-state index is 0.0204. The summed E-state index contributed by atoms with van der Waals surface area (Å²) in [4.78, 5) is 30.3. The third-order valence-corrected chi connectivity index (χ3v) is 6.01. The molecule has 2 aromatic carbocycles. The van der Waals surface area contributed by atoms with E-state index in [0.29, 0.717) is 12.1 Å². The fraction of sp³-hybridized carbons (Fsp3) is 0.462. The van der Waals surface area contributed by atoms with Crippen LogP contribution in [-0.2, 0) is 17.9 Å². The van der Waals surface area contributed by atoms with Gasteiger partial charge in [-0.2, -0.15) is 0 Å². The largest absolute Gasteiger partial charge is 0.350 e. The van der Waals surface area contributed by atoms with Crippen LogP contribution < -0.4 is 10.6 Å². The molecule has 6 heteroatoms. The van der Waals surface area contributed by atoms with E-state index in [0.717, 1.165) is 43.9 Å². The summed E-state index contributed by atoms with van der Waals surface area (Å²) in [6, 6.07) is 15.2. The van der Waals surface area contributed by atoms with Gasteiger partial charge in [0.2, 0.25) is 5.91 Å². The standard InChI is InChI=1S/C26H36N4O2/c1-19(2)24(28-25(31)23-10-8-20(3)9-11-23)26(32)27-17-21-6-5-7-22(16-21)18-30-14-12-29(4)13-15-30/h5-11,16,19,24H,12-15,17-18H2,1-4H3,(H,27,32)(H,28,31). The van der Waals surface area contributed by atoms with Gasteiger partial charge in [-0.3, -0.25) is 14.5 Å². The van der Waals surface area contributed by atoms with Gasteiger partial charge in [0.05, 0.1) is 0 Å². The fourth-order valence-electron chi connectivity index (χ4n) is 3.87. The van der Waals surface area contributed by atoms with E-state index in [-0.39, 0.29) is 17.7 Å². The maximum absolute atomic E-state index is 12.9. The molecule has 3 rings (SSSR count). The van der Waals surface area contributed by atoms with Gasteiger partial charge in [-0.05, 0) is 43.1 Å². The van der Waals surface area contributed by atoms with Crippen molar-refractivity contribution in [1.82, 2.24) is 20.4 Å². The molecule has 1 aliphatic rings. The molecular formula is C26H36N4O2. The lowest BCUT2D eigenvalue weighted by atomic mass is 10.0. The normalized spacial score (nSPS) is 16.0. The van der Waals surface area contributed by atoms with Gasteiger partial charge in [0.1, 0.15) is 6.04 Å². The van der Waals surface area contributed by atoms with Crippen molar-refractivity contribution < 1.29 is 9.59 Å². The first-order valence-corrected chi connectivity index (χ1v) is 11.5. The Bertz CT molecular complexity index is 902. The number of carbonyl (C=O) groups is 2. The highest BCUT2D eigenvalue weighted by Crippen LogP contribution is 2.11. The molecule has 1 atom stereocenters. The molecule has 0 aromatic heterocycles. The summed E-state index contributed by atoms with van der Waals surface area (Å²) in [6.45, 7) is 11.6. The van der Waals surface area contributed by atoms with Crippen LogP contribution in [0.2, 0.25) is 0 Å². The summed E-state index contributed by atoms with van der Waals surface area (Å²) in [5.74, 6) is -0.411. The predicted octanol–water partition coefficient (Wildman–Crippen LogP) is 2.81. The zero-order valence-electron chi connectivity index (χ0n) is 19.7. The Kier molecular flexibility index (Phi) is 8.42. The van der Waals surface area contributed by atoms with Crippen LogP contribution in [0.5, 0.6) is 0 Å². The summed E-state index contributed by atoms with van der Waals surface area (Å²) in [7, 11) is 2.16. The molecule has 1 fully saturated rings. The SMILES string of the molecule is Cc1ccc(C(=O)NC(C(=O)NCc2cccc(CN3CCN(C)CC3)c2)C(C)C)cc1. The average molecular weight is 437 g/mol. The van der Waals surface area contributed by atoms with Gasteiger partial charge >= 0.3 is 0 Å². The first kappa shape index (κ1) is 24.0. The van der Waals surface area contributed by atoms with E-state index < -0.39 is 6.04 Å². The number of nitrogens with one attached hydrogen (secondary N) is 2. The molecule has 2 aromatic rings. The number of amides is 2. The Morgan fingerprint density at radius 3 is 2.28 bits per heavy atom. The lowest BCUT2D eigenvalue weighted by Gasteiger charge is -2.32. The maximum Gasteiger partial charge on any atom is 0.251 e. The van der Waals surface area contributed by atoms with E-state index in [4.69, 9.17) is 0 Å². The number of rotatable bonds is 8. The lowest BCUT2D eigenvalue weighted by molar-refractivity contribution is -0.124. The van der Waals surface area contributed by atoms with Crippen LogP contribution in [0.15, 0.2) is 48.5 Å². The Morgan fingerprint density at radius 1 is 0.969 bits per heavy atom. The van der Waals surface area contributed by atoms with Crippen molar-refractivity contribution in [2.75, 3.05) is 33.2 Å². The van der Waals surface area contributed by atoms with Gasteiger partial charge in [-0.25, -0.2) is 0 Å². The first-order chi connectivity index (χ1) is 15.3. The summed E-state index contributed by atoms with van der Waals surface area (Å²) in [6.07, 6.45) is 0. The summed E-state index contributed by atoms with van der Waals surface area (Å²) < 4.78 is 0. The van der Waals surface area contributed by atoms with Crippen LogP contribution in [0.1, 0.15) is 40.9 Å². The number of nitrogens with zero attached hydrogens (tertiary/aromatic N) is 2. The van der Waals surface area contributed by atoms with Gasteiger partial charge in [0, 0.05) is 44.8 Å². The number of benzene rings is 2. The van der Waals surface area contributed by atoms with E-state index >= 15 is 0 Å². The molecule has 2 amide bonds. The second-order valence-electron chi connectivity index (χ2n) is 9.18. The van der Waals surface area contributed by atoms with E-state index in [1.54, 1.807) is 12.1 Å². The van der Waals surface area contributed by atoms with Crippen molar-refractivity contribution in [3.63, 3.8) is 0 Å². The number of carbonyl (C=O) groups excluding carboxylic acids is 2. The molecule has 6 nitrogen and oxygen atoms in total. The van der Waals surface area contributed by atoms with Crippen molar-refractivity contribution in [2.24, 2.45) is 5.92 Å². The molecule has 172 valence electrons. The topological polar surface area (TPSA) is 64.7 Å². The molecule has 1 unspecified atom stereocenters. The van der Waals surface area contributed by atoms with E-state index in [2.05, 4.69) is 39.6 Å². The number of piperazine rings is 1. The van der Waals surface area contributed by atoms with Crippen LogP contribution in [0.25, 0.3) is 0 Å². The van der Waals surface area contributed by atoms with Crippen molar-refractivity contribution in [3.8, 4) is 0 Å². The first-order valence-electron chi connectivity index (χ1n) is 11.5. The Labute approximate surface area is 192 Å². The van der Waals surface area contributed by atoms with Gasteiger partial charge in [0.25, 0.3) is 5.91 Å². The monoisotopic (exact) mass is 436 g/mol. The van der Waals surface area contributed by atoms with Crippen molar-refractivity contribution >= 4 is 11.8 Å². The van der Waals surface area contributed by atoms with E-state index in [1.165, 1.54) is 5.56 Å². The smallest absolute Gasteiger partial charge is 0.251 e. The van der Waals surface area contributed by atoms with Crippen LogP contribution in [-0.4, -0.2) is 60.9 Å². The van der Waals surface area contributed by atoms with Gasteiger partial charge in [0.15, 0.2) is 0 Å². The third-order valence-electron chi connectivity index (χ3n) is 6.01. The number of hydrogen-bond acceptors (Lipinski definition) is 4. The number of aryl methyl sites for hydroxylation is 1. The highest BCUT2D eigenvalue weighted by molar-refractivity contribution is 5.97. The summed E-state index contributed by atoms with van der Waals surface area (Å²) in [5, 5.41) is 5.90. The average Bonchev–Trinajstić information content (AvgIpc) is 2.78. The number of hydrogen-bond donors (Lipinski definition) is 2. The molecule has 1 heterocycles. The lowest BCUT2D eigenvalue weighted by Crippen LogP contribution is -2.49. The highest BCUT2D eigenvalue weighted by Gasteiger charge is 2.24.